The number of rotatable bonds is 10. The lowest BCUT2D eigenvalue weighted by molar-refractivity contribution is -0.143. The molecule has 3 rings (SSSR count). The Kier molecular flexibility index (Phi) is 9.28. The lowest BCUT2D eigenvalue weighted by atomic mass is 9.94. The first-order valence-electron chi connectivity index (χ1n) is 12.0. The number of nitrogens with zero attached hydrogens (tertiary/aromatic N) is 1. The molecule has 8 nitrogen and oxygen atoms in total. The highest BCUT2D eigenvalue weighted by Gasteiger charge is 2.36. The Bertz CT molecular complexity index is 879. The molecule has 0 spiro atoms. The molecular weight excluding hydrogens is 442 g/mol. The number of sulfonamides is 1. The first-order valence-corrected chi connectivity index (χ1v) is 13.5. The fourth-order valence-electron chi connectivity index (χ4n) is 4.66. The monoisotopic (exact) mass is 479 g/mol. The predicted octanol–water partition coefficient (Wildman–Crippen LogP) is 2.45. The van der Waals surface area contributed by atoms with Gasteiger partial charge in [0.1, 0.15) is 6.04 Å². The Labute approximate surface area is 197 Å². The summed E-state index contributed by atoms with van der Waals surface area (Å²) in [5.74, 6) is -0.735. The average molecular weight is 480 g/mol. The maximum Gasteiger partial charge on any atom is 0.243 e. The normalized spacial score (nSPS) is 20.5. The van der Waals surface area contributed by atoms with Gasteiger partial charge in [-0.2, -0.15) is 0 Å². The van der Waals surface area contributed by atoms with Crippen LogP contribution in [0, 0.1) is 5.92 Å². The summed E-state index contributed by atoms with van der Waals surface area (Å²) < 4.78 is 33.4. The summed E-state index contributed by atoms with van der Waals surface area (Å²) in [5.41, 5.74) is 0. The molecule has 1 aliphatic carbocycles. The third-order valence-electron chi connectivity index (χ3n) is 6.40. The van der Waals surface area contributed by atoms with Crippen LogP contribution in [0.2, 0.25) is 0 Å². The maximum atomic E-state index is 13.3. The molecule has 184 valence electrons. The third-order valence-corrected chi connectivity index (χ3v) is 7.82. The molecule has 1 saturated heterocycles. The number of ether oxygens (including phenoxy) is 1. The largest absolute Gasteiger partial charge is 0.376 e. The van der Waals surface area contributed by atoms with E-state index in [-0.39, 0.29) is 35.4 Å². The number of carbonyl (C=O) groups excluding carboxylic acids is 2. The molecule has 2 fully saturated rings. The molecule has 2 N–H and O–H groups in total. The molecule has 1 aliphatic heterocycles. The highest BCUT2D eigenvalue weighted by molar-refractivity contribution is 7.89. The van der Waals surface area contributed by atoms with Gasteiger partial charge in [-0.25, -0.2) is 13.1 Å². The molecule has 33 heavy (non-hydrogen) atoms. The van der Waals surface area contributed by atoms with Gasteiger partial charge in [0.15, 0.2) is 0 Å². The van der Waals surface area contributed by atoms with Crippen molar-refractivity contribution < 1.29 is 22.7 Å². The van der Waals surface area contributed by atoms with Crippen molar-refractivity contribution in [2.75, 3.05) is 19.7 Å². The SMILES string of the molecule is CC(C)[C@H](C(=O)NC1CCCCC1)N(C[C@@H]1CCCO1)C(=O)CNS(=O)(=O)c1ccccc1. The van der Waals surface area contributed by atoms with Crippen LogP contribution < -0.4 is 10.0 Å². The molecule has 0 aromatic heterocycles. The highest BCUT2D eigenvalue weighted by atomic mass is 32.2. The summed E-state index contributed by atoms with van der Waals surface area (Å²) in [7, 11) is -3.83. The van der Waals surface area contributed by atoms with E-state index in [2.05, 4.69) is 10.0 Å². The van der Waals surface area contributed by atoms with Gasteiger partial charge in [-0.15, -0.1) is 0 Å². The van der Waals surface area contributed by atoms with Gasteiger partial charge >= 0.3 is 0 Å². The molecule has 0 bridgehead atoms. The van der Waals surface area contributed by atoms with E-state index >= 15 is 0 Å². The summed E-state index contributed by atoms with van der Waals surface area (Å²) in [5, 5.41) is 3.15. The molecule has 1 heterocycles. The van der Waals surface area contributed by atoms with Crippen LogP contribution in [0.3, 0.4) is 0 Å². The van der Waals surface area contributed by atoms with Crippen molar-refractivity contribution in [1.29, 1.82) is 0 Å². The van der Waals surface area contributed by atoms with Crippen molar-refractivity contribution in [1.82, 2.24) is 14.9 Å². The van der Waals surface area contributed by atoms with E-state index in [0.29, 0.717) is 6.61 Å². The second-order valence-corrected chi connectivity index (χ2v) is 11.1. The summed E-state index contributed by atoms with van der Waals surface area (Å²) in [6.07, 6.45) is 6.85. The minimum absolute atomic E-state index is 0.0962. The fourth-order valence-corrected chi connectivity index (χ4v) is 5.65. The quantitative estimate of drug-likeness (QED) is 0.536. The van der Waals surface area contributed by atoms with Gasteiger partial charge in [0.25, 0.3) is 0 Å². The van der Waals surface area contributed by atoms with E-state index in [1.807, 2.05) is 13.8 Å². The van der Waals surface area contributed by atoms with Crippen LogP contribution in [0.25, 0.3) is 0 Å². The van der Waals surface area contributed by atoms with E-state index in [4.69, 9.17) is 4.74 Å². The lowest BCUT2D eigenvalue weighted by Crippen LogP contribution is -2.57. The predicted molar refractivity (Wildman–Crippen MR) is 126 cm³/mol. The van der Waals surface area contributed by atoms with Gasteiger partial charge in [-0.1, -0.05) is 51.3 Å². The topological polar surface area (TPSA) is 105 Å². The van der Waals surface area contributed by atoms with E-state index in [1.165, 1.54) is 23.5 Å². The number of nitrogens with one attached hydrogen (secondary N) is 2. The van der Waals surface area contributed by atoms with Crippen molar-refractivity contribution in [2.45, 2.75) is 81.9 Å². The number of amides is 2. The second-order valence-electron chi connectivity index (χ2n) is 9.35. The van der Waals surface area contributed by atoms with Gasteiger partial charge < -0.3 is 15.0 Å². The summed E-state index contributed by atoms with van der Waals surface area (Å²) in [4.78, 5) is 28.2. The first-order chi connectivity index (χ1) is 15.8. The van der Waals surface area contributed by atoms with Crippen LogP contribution in [-0.2, 0) is 24.3 Å². The van der Waals surface area contributed by atoms with Gasteiger partial charge in [0.2, 0.25) is 21.8 Å². The van der Waals surface area contributed by atoms with Crippen molar-refractivity contribution in [3.63, 3.8) is 0 Å². The molecule has 1 aromatic carbocycles. The summed E-state index contributed by atoms with van der Waals surface area (Å²) >= 11 is 0. The molecule has 2 amide bonds. The average Bonchev–Trinajstić information content (AvgIpc) is 3.31. The standard InChI is InChI=1S/C24H37N3O5S/c1-18(2)23(24(29)26-19-10-5-3-6-11-19)27(17-20-12-9-15-32-20)22(28)16-25-33(30,31)21-13-7-4-8-14-21/h4,7-8,13-14,18-20,23,25H,3,5-6,9-12,15-17H2,1-2H3,(H,26,29)/t20-,23+/m0/s1. The molecule has 2 atom stereocenters. The van der Waals surface area contributed by atoms with Crippen LogP contribution in [0.4, 0.5) is 0 Å². The van der Waals surface area contributed by atoms with Crippen molar-refractivity contribution in [3.8, 4) is 0 Å². The molecule has 9 heteroatoms. The Hall–Kier alpha value is -1.97. The highest BCUT2D eigenvalue weighted by Crippen LogP contribution is 2.21. The Morgan fingerprint density at radius 3 is 2.36 bits per heavy atom. The summed E-state index contributed by atoms with van der Waals surface area (Å²) in [6, 6.07) is 7.38. The van der Waals surface area contributed by atoms with Crippen LogP contribution in [0.5, 0.6) is 0 Å². The van der Waals surface area contributed by atoms with Gasteiger partial charge in [0, 0.05) is 19.2 Å². The smallest absolute Gasteiger partial charge is 0.243 e. The molecule has 0 radical (unpaired) electrons. The molecule has 1 saturated carbocycles. The van der Waals surface area contributed by atoms with Crippen LogP contribution in [-0.4, -0.2) is 63.0 Å². The minimum atomic E-state index is -3.83. The number of hydrogen-bond donors (Lipinski definition) is 2. The molecule has 0 unspecified atom stereocenters. The Morgan fingerprint density at radius 1 is 1.06 bits per heavy atom. The van der Waals surface area contributed by atoms with Crippen LogP contribution in [0.1, 0.15) is 58.8 Å². The summed E-state index contributed by atoms with van der Waals surface area (Å²) in [6.45, 7) is 4.31. The zero-order chi connectivity index (χ0) is 23.8. The number of hydrogen-bond acceptors (Lipinski definition) is 5. The van der Waals surface area contributed by atoms with E-state index in [1.54, 1.807) is 18.2 Å². The number of benzene rings is 1. The van der Waals surface area contributed by atoms with E-state index in [0.717, 1.165) is 38.5 Å². The maximum absolute atomic E-state index is 13.3. The fraction of sp³-hybridized carbons (Fsp3) is 0.667. The zero-order valence-corrected chi connectivity index (χ0v) is 20.5. The first kappa shape index (κ1) is 25.6. The van der Waals surface area contributed by atoms with Crippen molar-refractivity contribution in [2.24, 2.45) is 5.92 Å². The van der Waals surface area contributed by atoms with Gasteiger partial charge in [0.05, 0.1) is 17.5 Å². The van der Waals surface area contributed by atoms with E-state index in [9.17, 15) is 18.0 Å². The molecule has 2 aliphatic rings. The third kappa shape index (κ3) is 7.25. The van der Waals surface area contributed by atoms with Gasteiger partial charge in [-0.05, 0) is 43.7 Å². The van der Waals surface area contributed by atoms with Crippen molar-refractivity contribution in [3.05, 3.63) is 30.3 Å². The van der Waals surface area contributed by atoms with Gasteiger partial charge in [-0.3, -0.25) is 9.59 Å². The molecule has 1 aromatic rings. The van der Waals surface area contributed by atoms with Crippen molar-refractivity contribution >= 4 is 21.8 Å². The molecular formula is C24H37N3O5S. The van der Waals surface area contributed by atoms with Crippen LogP contribution >= 0.6 is 0 Å². The minimum Gasteiger partial charge on any atom is -0.376 e. The Morgan fingerprint density at radius 2 is 1.76 bits per heavy atom. The van der Waals surface area contributed by atoms with E-state index < -0.39 is 28.5 Å². The second kappa shape index (κ2) is 11.9. The zero-order valence-electron chi connectivity index (χ0n) is 19.7. The Balaban J connectivity index is 1.74. The number of carbonyl (C=O) groups is 2. The lowest BCUT2D eigenvalue weighted by Gasteiger charge is -2.36. The van der Waals surface area contributed by atoms with Crippen LogP contribution in [0.15, 0.2) is 35.2 Å².